The molecule has 1 aliphatic heterocycles. The highest BCUT2D eigenvalue weighted by atomic mass is 79.9. The van der Waals surface area contributed by atoms with Gasteiger partial charge in [0, 0.05) is 10.0 Å². The molecule has 0 saturated heterocycles. The Kier molecular flexibility index (Phi) is 4.62. The summed E-state index contributed by atoms with van der Waals surface area (Å²) in [4.78, 5) is 12.1. The summed E-state index contributed by atoms with van der Waals surface area (Å²) in [6.45, 7) is 2.92. The molecule has 0 bridgehead atoms. The number of nitrogens with one attached hydrogen (secondary N) is 1. The van der Waals surface area contributed by atoms with Crippen LogP contribution in [0.5, 0.6) is 11.5 Å². The molecule has 1 N–H and O–H groups in total. The normalized spacial score (nSPS) is 13.6. The maximum absolute atomic E-state index is 12.1. The van der Waals surface area contributed by atoms with Crippen molar-refractivity contribution >= 4 is 27.5 Å². The van der Waals surface area contributed by atoms with Crippen molar-refractivity contribution in [2.45, 2.75) is 6.92 Å². The van der Waals surface area contributed by atoms with Crippen LogP contribution >= 0.6 is 15.9 Å². The van der Waals surface area contributed by atoms with Gasteiger partial charge in [0.2, 0.25) is 0 Å². The fourth-order valence-corrected chi connectivity index (χ4v) is 2.64. The van der Waals surface area contributed by atoms with Gasteiger partial charge in [0.15, 0.2) is 11.5 Å². The predicted octanol–water partition coefficient (Wildman–Crippen LogP) is 3.37. The van der Waals surface area contributed by atoms with E-state index >= 15 is 0 Å². The minimum atomic E-state index is -0.269. The van der Waals surface area contributed by atoms with Crippen LogP contribution in [0.25, 0.3) is 0 Å². The van der Waals surface area contributed by atoms with Gasteiger partial charge in [-0.05, 0) is 53.2 Å². The van der Waals surface area contributed by atoms with Gasteiger partial charge in [-0.25, -0.2) is 5.43 Å². The second-order valence-corrected chi connectivity index (χ2v) is 5.83. The average Bonchev–Trinajstić information content (AvgIpc) is 2.59. The van der Waals surface area contributed by atoms with E-state index in [4.69, 9.17) is 9.47 Å². The monoisotopic (exact) mass is 374 g/mol. The van der Waals surface area contributed by atoms with Gasteiger partial charge < -0.3 is 9.47 Å². The van der Waals surface area contributed by atoms with E-state index in [1.807, 2.05) is 37.3 Å². The number of halogens is 1. The van der Waals surface area contributed by atoms with E-state index in [2.05, 4.69) is 26.5 Å². The molecule has 1 amide bonds. The summed E-state index contributed by atoms with van der Waals surface area (Å²) >= 11 is 3.35. The van der Waals surface area contributed by atoms with Crippen LogP contribution in [-0.2, 0) is 0 Å². The van der Waals surface area contributed by atoms with Crippen molar-refractivity contribution < 1.29 is 14.3 Å². The first-order valence-corrected chi connectivity index (χ1v) is 7.93. The number of hydrogen-bond acceptors (Lipinski definition) is 4. The zero-order chi connectivity index (χ0) is 16.2. The summed E-state index contributed by atoms with van der Waals surface area (Å²) in [6, 6.07) is 12.8. The maximum Gasteiger partial charge on any atom is 0.272 e. The molecule has 6 heteroatoms. The Hall–Kier alpha value is -2.34. The fourth-order valence-electron chi connectivity index (χ4n) is 2.17. The Morgan fingerprint density at radius 3 is 2.65 bits per heavy atom. The first-order valence-electron chi connectivity index (χ1n) is 7.14. The second-order valence-electron chi connectivity index (χ2n) is 4.98. The summed E-state index contributed by atoms with van der Waals surface area (Å²) in [5, 5.41) is 4.16. The van der Waals surface area contributed by atoms with Crippen molar-refractivity contribution in [3.63, 3.8) is 0 Å². The number of ether oxygens (including phenoxy) is 2. The Morgan fingerprint density at radius 2 is 1.87 bits per heavy atom. The van der Waals surface area contributed by atoms with Crippen molar-refractivity contribution in [1.29, 1.82) is 0 Å². The zero-order valence-corrected chi connectivity index (χ0v) is 14.1. The molecule has 2 aromatic rings. The third-order valence-electron chi connectivity index (χ3n) is 3.40. The highest BCUT2D eigenvalue weighted by molar-refractivity contribution is 9.10. The molecule has 3 rings (SSSR count). The summed E-state index contributed by atoms with van der Waals surface area (Å²) in [7, 11) is 0. The molecular weight excluding hydrogens is 360 g/mol. The number of carbonyl (C=O) groups is 1. The summed E-state index contributed by atoms with van der Waals surface area (Å²) in [5.74, 6) is 1.15. The number of amides is 1. The largest absolute Gasteiger partial charge is 0.486 e. The molecule has 118 valence electrons. The van der Waals surface area contributed by atoms with Gasteiger partial charge >= 0.3 is 0 Å². The number of fused-ring (bicyclic) bond motifs is 1. The standard InChI is InChI=1S/C17H15BrN2O3/c1-11(12-6-7-15-16(10-12)23-9-8-22-15)19-20-17(21)13-4-2-3-5-14(13)18/h2-7,10H,8-9H2,1H3,(H,20,21). The van der Waals surface area contributed by atoms with Gasteiger partial charge in [-0.15, -0.1) is 0 Å². The number of hydrazone groups is 1. The molecule has 5 nitrogen and oxygen atoms in total. The number of nitrogens with zero attached hydrogens (tertiary/aromatic N) is 1. The van der Waals surface area contributed by atoms with Crippen LogP contribution in [0.15, 0.2) is 52.0 Å². The van der Waals surface area contributed by atoms with E-state index in [9.17, 15) is 4.79 Å². The van der Waals surface area contributed by atoms with Crippen LogP contribution in [0, 0.1) is 0 Å². The second kappa shape index (κ2) is 6.83. The Labute approximate surface area is 142 Å². The Bertz CT molecular complexity index is 774. The van der Waals surface area contributed by atoms with Crippen LogP contribution in [-0.4, -0.2) is 24.8 Å². The number of carbonyl (C=O) groups excluding carboxylic acids is 1. The average molecular weight is 375 g/mol. The van der Waals surface area contributed by atoms with E-state index in [1.165, 1.54) is 0 Å². The lowest BCUT2D eigenvalue weighted by molar-refractivity contribution is 0.0954. The fraction of sp³-hybridized carbons (Fsp3) is 0.176. The zero-order valence-electron chi connectivity index (χ0n) is 12.5. The van der Waals surface area contributed by atoms with Crippen LogP contribution in [0.4, 0.5) is 0 Å². The van der Waals surface area contributed by atoms with Crippen molar-refractivity contribution in [2.75, 3.05) is 13.2 Å². The van der Waals surface area contributed by atoms with Crippen LogP contribution in [0.3, 0.4) is 0 Å². The van der Waals surface area contributed by atoms with Gasteiger partial charge in [0.1, 0.15) is 13.2 Å². The van der Waals surface area contributed by atoms with Crippen LogP contribution in [0.1, 0.15) is 22.8 Å². The first-order chi connectivity index (χ1) is 11.1. The molecular formula is C17H15BrN2O3. The van der Waals surface area contributed by atoms with Gasteiger partial charge in [0.05, 0.1) is 11.3 Å². The number of rotatable bonds is 3. The predicted molar refractivity (Wildman–Crippen MR) is 91.3 cm³/mol. The van der Waals surface area contributed by atoms with Crippen molar-refractivity contribution in [2.24, 2.45) is 5.10 Å². The molecule has 0 unspecified atom stereocenters. The van der Waals surface area contributed by atoms with Crippen molar-refractivity contribution in [1.82, 2.24) is 5.43 Å². The quantitative estimate of drug-likeness (QED) is 0.661. The molecule has 1 aliphatic rings. The molecule has 0 saturated carbocycles. The first kappa shape index (κ1) is 15.6. The summed E-state index contributed by atoms with van der Waals surface area (Å²) in [6.07, 6.45) is 0. The summed E-state index contributed by atoms with van der Waals surface area (Å²) < 4.78 is 11.8. The van der Waals surface area contributed by atoms with Crippen LogP contribution in [0.2, 0.25) is 0 Å². The maximum atomic E-state index is 12.1. The van der Waals surface area contributed by atoms with Gasteiger partial charge in [-0.3, -0.25) is 4.79 Å². The lowest BCUT2D eigenvalue weighted by atomic mass is 10.1. The molecule has 0 aromatic heterocycles. The topological polar surface area (TPSA) is 59.9 Å². The molecule has 23 heavy (non-hydrogen) atoms. The molecule has 2 aromatic carbocycles. The molecule has 1 heterocycles. The van der Waals surface area contributed by atoms with Gasteiger partial charge in [-0.1, -0.05) is 12.1 Å². The van der Waals surface area contributed by atoms with E-state index in [1.54, 1.807) is 12.1 Å². The number of hydrogen-bond donors (Lipinski definition) is 1. The van der Waals surface area contributed by atoms with E-state index in [0.717, 1.165) is 15.8 Å². The molecule has 0 fully saturated rings. The Balaban J connectivity index is 1.75. The molecule has 0 atom stereocenters. The third kappa shape index (κ3) is 3.53. The highest BCUT2D eigenvalue weighted by Crippen LogP contribution is 2.30. The highest BCUT2D eigenvalue weighted by Gasteiger charge is 2.13. The molecule has 0 aliphatic carbocycles. The minimum absolute atomic E-state index is 0.269. The van der Waals surface area contributed by atoms with E-state index < -0.39 is 0 Å². The smallest absolute Gasteiger partial charge is 0.272 e. The van der Waals surface area contributed by atoms with E-state index in [0.29, 0.717) is 30.2 Å². The van der Waals surface area contributed by atoms with Crippen LogP contribution < -0.4 is 14.9 Å². The Morgan fingerprint density at radius 1 is 1.13 bits per heavy atom. The lowest BCUT2D eigenvalue weighted by Crippen LogP contribution is -2.20. The number of benzene rings is 2. The SMILES string of the molecule is CC(=NNC(=O)c1ccccc1Br)c1ccc2c(c1)OCCO2. The van der Waals surface area contributed by atoms with Gasteiger partial charge in [-0.2, -0.15) is 5.10 Å². The third-order valence-corrected chi connectivity index (χ3v) is 4.10. The lowest BCUT2D eigenvalue weighted by Gasteiger charge is -2.18. The summed E-state index contributed by atoms with van der Waals surface area (Å²) in [5.41, 5.74) is 4.64. The minimum Gasteiger partial charge on any atom is -0.486 e. The van der Waals surface area contributed by atoms with Crippen molar-refractivity contribution in [3.8, 4) is 11.5 Å². The van der Waals surface area contributed by atoms with Gasteiger partial charge in [0.25, 0.3) is 5.91 Å². The molecule has 0 spiro atoms. The molecule has 0 radical (unpaired) electrons. The van der Waals surface area contributed by atoms with E-state index in [-0.39, 0.29) is 5.91 Å². The van der Waals surface area contributed by atoms with Crippen molar-refractivity contribution in [3.05, 3.63) is 58.1 Å².